The molecule has 0 unspecified atom stereocenters. The number of fused-ring (bicyclic) bond motifs is 3. The Labute approximate surface area is 135 Å². The predicted molar refractivity (Wildman–Crippen MR) is 85.6 cm³/mol. The van der Waals surface area contributed by atoms with Crippen molar-refractivity contribution in [2.45, 2.75) is 38.5 Å². The maximum atomic E-state index is 12.7. The van der Waals surface area contributed by atoms with E-state index in [1.807, 2.05) is 15.6 Å². The number of hydrogen-bond acceptors (Lipinski definition) is 4. The zero-order valence-electron chi connectivity index (χ0n) is 13.3. The van der Waals surface area contributed by atoms with Crippen molar-refractivity contribution in [2.24, 2.45) is 0 Å². The molecule has 0 N–H and O–H groups in total. The Balaban J connectivity index is 1.72. The Kier molecular flexibility index (Phi) is 3.99. The molecular formula is C17H22N4O2. The van der Waals surface area contributed by atoms with Crippen LogP contribution >= 0.6 is 0 Å². The van der Waals surface area contributed by atoms with Gasteiger partial charge in [-0.15, -0.1) is 0 Å². The molecule has 23 heavy (non-hydrogen) atoms. The largest absolute Gasteiger partial charge is 0.378 e. The van der Waals surface area contributed by atoms with Crippen molar-refractivity contribution < 1.29 is 9.53 Å². The number of carbonyl (C=O) groups excluding carboxylic acids is 1. The molecule has 0 spiro atoms. The van der Waals surface area contributed by atoms with Gasteiger partial charge >= 0.3 is 0 Å². The van der Waals surface area contributed by atoms with Crippen LogP contribution in [0.4, 0.5) is 0 Å². The van der Waals surface area contributed by atoms with Gasteiger partial charge in [-0.25, -0.2) is 9.50 Å². The lowest BCUT2D eigenvalue weighted by Crippen LogP contribution is -2.40. The lowest BCUT2D eigenvalue weighted by atomic mass is 9.98. The number of carbonyl (C=O) groups is 1. The molecule has 1 aliphatic heterocycles. The summed E-state index contributed by atoms with van der Waals surface area (Å²) in [7, 11) is 0. The number of aromatic nitrogens is 3. The summed E-state index contributed by atoms with van der Waals surface area (Å²) in [4.78, 5) is 19.1. The van der Waals surface area contributed by atoms with Crippen LogP contribution in [-0.2, 0) is 17.6 Å². The molecule has 2 aromatic rings. The Morgan fingerprint density at radius 1 is 1.04 bits per heavy atom. The maximum Gasteiger partial charge on any atom is 0.259 e. The van der Waals surface area contributed by atoms with Crippen molar-refractivity contribution in [1.29, 1.82) is 0 Å². The van der Waals surface area contributed by atoms with Gasteiger partial charge in [0.2, 0.25) is 0 Å². The van der Waals surface area contributed by atoms with Crippen LogP contribution in [0.1, 0.15) is 47.3 Å². The van der Waals surface area contributed by atoms with Crippen LogP contribution in [0.25, 0.3) is 5.65 Å². The van der Waals surface area contributed by atoms with Crippen LogP contribution in [0.3, 0.4) is 0 Å². The standard InChI is InChI=1S/C17H22N4O2/c22-17(20-7-9-23-10-8-20)14-12-19-21-15-6-4-2-1-3-5-13(15)11-18-16(14)21/h11-12H,1-10H2. The van der Waals surface area contributed by atoms with Crippen LogP contribution < -0.4 is 0 Å². The van der Waals surface area contributed by atoms with Crippen molar-refractivity contribution in [3.8, 4) is 0 Å². The fourth-order valence-corrected chi connectivity index (χ4v) is 3.54. The van der Waals surface area contributed by atoms with E-state index >= 15 is 0 Å². The minimum Gasteiger partial charge on any atom is -0.378 e. The third-order valence-corrected chi connectivity index (χ3v) is 4.85. The minimum absolute atomic E-state index is 0.0154. The van der Waals surface area contributed by atoms with Gasteiger partial charge in [0, 0.05) is 25.0 Å². The zero-order valence-corrected chi connectivity index (χ0v) is 13.3. The molecule has 0 atom stereocenters. The molecule has 2 aliphatic rings. The Morgan fingerprint density at radius 2 is 1.83 bits per heavy atom. The second-order valence-electron chi connectivity index (χ2n) is 6.34. The smallest absolute Gasteiger partial charge is 0.259 e. The third kappa shape index (κ3) is 2.72. The highest BCUT2D eigenvalue weighted by Gasteiger charge is 2.24. The molecule has 1 fully saturated rings. The van der Waals surface area contributed by atoms with E-state index in [1.54, 1.807) is 6.20 Å². The molecule has 0 radical (unpaired) electrons. The van der Waals surface area contributed by atoms with E-state index in [9.17, 15) is 4.79 Å². The number of nitrogens with zero attached hydrogens (tertiary/aromatic N) is 4. The number of rotatable bonds is 1. The predicted octanol–water partition coefficient (Wildman–Crippen LogP) is 1.86. The molecule has 0 aromatic carbocycles. The Bertz CT molecular complexity index is 719. The Morgan fingerprint density at radius 3 is 2.65 bits per heavy atom. The van der Waals surface area contributed by atoms with E-state index in [0.717, 1.165) is 12.8 Å². The first-order chi connectivity index (χ1) is 11.3. The number of hydrogen-bond donors (Lipinski definition) is 0. The van der Waals surface area contributed by atoms with E-state index in [2.05, 4.69) is 10.1 Å². The molecule has 1 saturated heterocycles. The quantitative estimate of drug-likeness (QED) is 0.806. The summed E-state index contributed by atoms with van der Waals surface area (Å²) in [5, 5.41) is 4.50. The van der Waals surface area contributed by atoms with Crippen molar-refractivity contribution in [1.82, 2.24) is 19.5 Å². The van der Waals surface area contributed by atoms with Gasteiger partial charge in [0.1, 0.15) is 5.56 Å². The molecule has 1 amide bonds. The molecule has 122 valence electrons. The highest BCUT2D eigenvalue weighted by atomic mass is 16.5. The molecule has 1 aliphatic carbocycles. The van der Waals surface area contributed by atoms with Crippen LogP contribution in [0.15, 0.2) is 12.4 Å². The average molecular weight is 314 g/mol. The van der Waals surface area contributed by atoms with Gasteiger partial charge in [0.25, 0.3) is 5.91 Å². The van der Waals surface area contributed by atoms with E-state index in [-0.39, 0.29) is 5.91 Å². The van der Waals surface area contributed by atoms with Crippen molar-refractivity contribution in [2.75, 3.05) is 26.3 Å². The summed E-state index contributed by atoms with van der Waals surface area (Å²) in [6.45, 7) is 2.49. The van der Waals surface area contributed by atoms with E-state index in [1.165, 1.54) is 36.9 Å². The van der Waals surface area contributed by atoms with Crippen LogP contribution in [0.5, 0.6) is 0 Å². The summed E-state index contributed by atoms with van der Waals surface area (Å²) in [6, 6.07) is 0. The summed E-state index contributed by atoms with van der Waals surface area (Å²) >= 11 is 0. The fraction of sp³-hybridized carbons (Fsp3) is 0.588. The number of ether oxygens (including phenoxy) is 1. The van der Waals surface area contributed by atoms with Crippen LogP contribution in [-0.4, -0.2) is 51.7 Å². The number of aryl methyl sites for hydroxylation is 2. The third-order valence-electron chi connectivity index (χ3n) is 4.85. The number of amides is 1. The fourth-order valence-electron chi connectivity index (χ4n) is 3.54. The molecule has 6 nitrogen and oxygen atoms in total. The Hall–Kier alpha value is -1.95. The second kappa shape index (κ2) is 6.28. The van der Waals surface area contributed by atoms with Crippen molar-refractivity contribution >= 4 is 11.6 Å². The van der Waals surface area contributed by atoms with Crippen molar-refractivity contribution in [3.63, 3.8) is 0 Å². The van der Waals surface area contributed by atoms with Gasteiger partial charge in [-0.05, 0) is 31.2 Å². The van der Waals surface area contributed by atoms with Crippen molar-refractivity contribution in [3.05, 3.63) is 29.2 Å². The monoisotopic (exact) mass is 314 g/mol. The SMILES string of the molecule is O=C(c1cnn2c3c(cnc12)CCCCCC3)N1CCOCC1. The van der Waals surface area contributed by atoms with E-state index < -0.39 is 0 Å². The molecule has 0 saturated carbocycles. The maximum absolute atomic E-state index is 12.7. The van der Waals surface area contributed by atoms with Crippen LogP contribution in [0, 0.1) is 0 Å². The van der Waals surface area contributed by atoms with Crippen LogP contribution in [0.2, 0.25) is 0 Å². The first-order valence-corrected chi connectivity index (χ1v) is 8.56. The highest BCUT2D eigenvalue weighted by molar-refractivity contribution is 5.99. The summed E-state index contributed by atoms with van der Waals surface area (Å²) in [5.41, 5.74) is 3.82. The first kappa shape index (κ1) is 14.6. The molecule has 2 aromatic heterocycles. The van der Waals surface area contributed by atoms with E-state index in [4.69, 9.17) is 4.74 Å². The average Bonchev–Trinajstić information content (AvgIpc) is 2.99. The topological polar surface area (TPSA) is 59.7 Å². The normalized spacial score (nSPS) is 19.2. The molecule has 0 bridgehead atoms. The first-order valence-electron chi connectivity index (χ1n) is 8.56. The van der Waals surface area contributed by atoms with Gasteiger partial charge in [-0.3, -0.25) is 4.79 Å². The molecule has 4 rings (SSSR count). The molecular weight excluding hydrogens is 292 g/mol. The lowest BCUT2D eigenvalue weighted by molar-refractivity contribution is 0.0304. The lowest BCUT2D eigenvalue weighted by Gasteiger charge is -2.26. The van der Waals surface area contributed by atoms with E-state index in [0.29, 0.717) is 37.5 Å². The minimum atomic E-state index is 0.0154. The number of morpholine rings is 1. The van der Waals surface area contributed by atoms with Gasteiger partial charge < -0.3 is 9.64 Å². The van der Waals surface area contributed by atoms with Gasteiger partial charge in [-0.1, -0.05) is 12.8 Å². The summed E-state index contributed by atoms with van der Waals surface area (Å²) < 4.78 is 7.22. The molecule has 6 heteroatoms. The second-order valence-corrected chi connectivity index (χ2v) is 6.34. The highest BCUT2D eigenvalue weighted by Crippen LogP contribution is 2.22. The molecule has 3 heterocycles. The summed E-state index contributed by atoms with van der Waals surface area (Å²) in [5.74, 6) is 0.0154. The van der Waals surface area contributed by atoms with Gasteiger partial charge in [0.15, 0.2) is 5.65 Å². The van der Waals surface area contributed by atoms with Gasteiger partial charge in [0.05, 0.1) is 19.4 Å². The summed E-state index contributed by atoms with van der Waals surface area (Å²) in [6.07, 6.45) is 10.7. The van der Waals surface area contributed by atoms with Gasteiger partial charge in [-0.2, -0.15) is 5.10 Å². The zero-order chi connectivity index (χ0) is 15.6.